The molecule has 4 rings (SSSR count). The molecule has 0 N–H and O–H groups in total. The van der Waals surface area contributed by atoms with E-state index in [1.165, 1.54) is 18.0 Å². The standard InChI is InChI=1S/C23H26N4O4S/c1-2-31-23(30)17-8-9-20(24-14-17)25-10-5-11-26(13-12-25)21(28)15-27-18-6-3-4-7-19(18)32-16-22(27)29/h3-4,6-9,14H,2,5,10-13,15-16H2,1H3. The zero-order valence-corrected chi connectivity index (χ0v) is 18.8. The van der Waals surface area contributed by atoms with Crippen molar-refractivity contribution in [2.75, 3.05) is 54.9 Å². The van der Waals surface area contributed by atoms with Gasteiger partial charge in [-0.15, -0.1) is 11.8 Å². The fourth-order valence-electron chi connectivity index (χ4n) is 3.87. The van der Waals surface area contributed by atoms with E-state index in [0.29, 0.717) is 37.6 Å². The van der Waals surface area contributed by atoms with Gasteiger partial charge in [0.2, 0.25) is 11.8 Å². The van der Waals surface area contributed by atoms with Crippen molar-refractivity contribution < 1.29 is 19.1 Å². The van der Waals surface area contributed by atoms with Crippen LogP contribution in [-0.4, -0.2) is 72.8 Å². The number of benzene rings is 1. The Hall–Kier alpha value is -3.07. The lowest BCUT2D eigenvalue weighted by molar-refractivity contribution is -0.131. The number of hydrogen-bond donors (Lipinski definition) is 0. The lowest BCUT2D eigenvalue weighted by atomic mass is 10.2. The Balaban J connectivity index is 1.38. The van der Waals surface area contributed by atoms with E-state index < -0.39 is 0 Å². The molecular weight excluding hydrogens is 428 g/mol. The third kappa shape index (κ3) is 4.88. The first-order valence-corrected chi connectivity index (χ1v) is 11.7. The van der Waals surface area contributed by atoms with E-state index >= 15 is 0 Å². The van der Waals surface area contributed by atoms with Gasteiger partial charge in [0, 0.05) is 37.3 Å². The minimum Gasteiger partial charge on any atom is -0.462 e. The monoisotopic (exact) mass is 454 g/mol. The van der Waals surface area contributed by atoms with Gasteiger partial charge in [0.05, 0.1) is 23.6 Å². The number of rotatable bonds is 5. The fourth-order valence-corrected chi connectivity index (χ4v) is 4.80. The maximum absolute atomic E-state index is 13.0. The Morgan fingerprint density at radius 3 is 2.72 bits per heavy atom. The highest BCUT2D eigenvalue weighted by atomic mass is 32.2. The topological polar surface area (TPSA) is 83.0 Å². The van der Waals surface area contributed by atoms with Crippen LogP contribution in [0.25, 0.3) is 0 Å². The normalized spacial score (nSPS) is 16.4. The average molecular weight is 455 g/mol. The number of esters is 1. The largest absolute Gasteiger partial charge is 0.462 e. The second-order valence-corrected chi connectivity index (χ2v) is 8.60. The van der Waals surface area contributed by atoms with Crippen molar-refractivity contribution in [2.45, 2.75) is 18.2 Å². The first-order valence-electron chi connectivity index (χ1n) is 10.7. The van der Waals surface area contributed by atoms with E-state index in [1.54, 1.807) is 17.9 Å². The number of fused-ring (bicyclic) bond motifs is 1. The first-order chi connectivity index (χ1) is 15.6. The lowest BCUT2D eigenvalue weighted by Crippen LogP contribution is -2.46. The van der Waals surface area contributed by atoms with Crippen LogP contribution in [0.1, 0.15) is 23.7 Å². The molecule has 9 heteroatoms. The summed E-state index contributed by atoms with van der Waals surface area (Å²) in [5.41, 5.74) is 1.23. The molecule has 1 aromatic heterocycles. The zero-order valence-electron chi connectivity index (χ0n) is 18.0. The molecule has 0 bridgehead atoms. The van der Waals surface area contributed by atoms with Gasteiger partial charge in [-0.05, 0) is 37.6 Å². The van der Waals surface area contributed by atoms with Gasteiger partial charge in [0.25, 0.3) is 0 Å². The number of anilines is 2. The summed E-state index contributed by atoms with van der Waals surface area (Å²) >= 11 is 1.51. The predicted molar refractivity (Wildman–Crippen MR) is 123 cm³/mol. The number of thioether (sulfide) groups is 1. The number of carbonyl (C=O) groups excluding carboxylic acids is 3. The van der Waals surface area contributed by atoms with Gasteiger partial charge >= 0.3 is 5.97 Å². The number of para-hydroxylation sites is 1. The van der Waals surface area contributed by atoms with E-state index in [0.717, 1.165) is 29.4 Å². The van der Waals surface area contributed by atoms with Crippen LogP contribution in [0.4, 0.5) is 11.5 Å². The number of aromatic nitrogens is 1. The first kappa shape index (κ1) is 22.1. The molecule has 32 heavy (non-hydrogen) atoms. The van der Waals surface area contributed by atoms with Crippen LogP contribution in [-0.2, 0) is 14.3 Å². The highest BCUT2D eigenvalue weighted by molar-refractivity contribution is 8.00. The molecule has 2 aliphatic heterocycles. The molecule has 0 atom stereocenters. The van der Waals surface area contributed by atoms with E-state index in [-0.39, 0.29) is 24.3 Å². The van der Waals surface area contributed by atoms with Gasteiger partial charge in [-0.1, -0.05) is 12.1 Å². The Bertz CT molecular complexity index is 998. The van der Waals surface area contributed by atoms with Gasteiger partial charge in [0.1, 0.15) is 12.4 Å². The van der Waals surface area contributed by atoms with Crippen LogP contribution in [0.2, 0.25) is 0 Å². The van der Waals surface area contributed by atoms with Crippen LogP contribution in [0.3, 0.4) is 0 Å². The molecule has 0 spiro atoms. The fraction of sp³-hybridized carbons (Fsp3) is 0.391. The number of ether oxygens (including phenoxy) is 1. The zero-order chi connectivity index (χ0) is 22.5. The minimum atomic E-state index is -0.383. The molecular formula is C23H26N4O4S. The third-order valence-corrected chi connectivity index (χ3v) is 6.58. The van der Waals surface area contributed by atoms with E-state index in [4.69, 9.17) is 4.74 Å². The Kier molecular flexibility index (Phi) is 6.94. The van der Waals surface area contributed by atoms with Crippen LogP contribution < -0.4 is 9.80 Å². The summed E-state index contributed by atoms with van der Waals surface area (Å²) in [5.74, 6) is 0.652. The molecule has 2 aromatic rings. The molecule has 0 radical (unpaired) electrons. The SMILES string of the molecule is CCOC(=O)c1ccc(N2CCCN(C(=O)CN3C(=O)CSc4ccccc43)CC2)nc1. The maximum Gasteiger partial charge on any atom is 0.339 e. The summed E-state index contributed by atoms with van der Waals surface area (Å²) in [4.78, 5) is 48.3. The maximum atomic E-state index is 13.0. The van der Waals surface area contributed by atoms with Crippen molar-refractivity contribution in [1.82, 2.24) is 9.88 Å². The smallest absolute Gasteiger partial charge is 0.339 e. The highest BCUT2D eigenvalue weighted by Gasteiger charge is 2.29. The van der Waals surface area contributed by atoms with Crippen LogP contribution in [0.5, 0.6) is 0 Å². The van der Waals surface area contributed by atoms with Gasteiger partial charge in [-0.25, -0.2) is 9.78 Å². The molecule has 2 amide bonds. The lowest BCUT2D eigenvalue weighted by Gasteiger charge is -2.30. The van der Waals surface area contributed by atoms with Crippen LogP contribution in [0.15, 0.2) is 47.5 Å². The van der Waals surface area contributed by atoms with Crippen LogP contribution in [0, 0.1) is 0 Å². The molecule has 3 heterocycles. The summed E-state index contributed by atoms with van der Waals surface area (Å²) in [6.07, 6.45) is 2.33. The van der Waals surface area contributed by atoms with Crippen molar-refractivity contribution in [3.63, 3.8) is 0 Å². The van der Waals surface area contributed by atoms with Gasteiger partial charge in [-0.2, -0.15) is 0 Å². The van der Waals surface area contributed by atoms with Gasteiger partial charge < -0.3 is 19.4 Å². The number of carbonyl (C=O) groups is 3. The Morgan fingerprint density at radius 2 is 1.94 bits per heavy atom. The second kappa shape index (κ2) is 10.0. The molecule has 2 aliphatic rings. The summed E-state index contributed by atoms with van der Waals surface area (Å²) < 4.78 is 5.00. The molecule has 0 unspecified atom stereocenters. The predicted octanol–water partition coefficient (Wildman–Crippen LogP) is 2.44. The van der Waals surface area contributed by atoms with Crippen molar-refractivity contribution in [3.05, 3.63) is 48.2 Å². The van der Waals surface area contributed by atoms with E-state index in [9.17, 15) is 14.4 Å². The summed E-state index contributed by atoms with van der Waals surface area (Å²) in [6.45, 7) is 4.73. The number of amides is 2. The van der Waals surface area contributed by atoms with Crippen molar-refractivity contribution >= 4 is 41.1 Å². The average Bonchev–Trinajstić information content (AvgIpc) is 3.08. The quantitative estimate of drug-likeness (QED) is 0.642. The van der Waals surface area contributed by atoms with Gasteiger partial charge in [0.15, 0.2) is 0 Å². The summed E-state index contributed by atoms with van der Waals surface area (Å²) in [5, 5.41) is 0. The van der Waals surface area contributed by atoms with Crippen molar-refractivity contribution in [2.24, 2.45) is 0 Å². The minimum absolute atomic E-state index is 0.0376. The van der Waals surface area contributed by atoms with E-state index in [1.807, 2.05) is 35.2 Å². The molecule has 8 nitrogen and oxygen atoms in total. The number of pyridine rings is 1. The summed E-state index contributed by atoms with van der Waals surface area (Å²) in [6, 6.07) is 11.2. The molecule has 168 valence electrons. The third-order valence-electron chi connectivity index (χ3n) is 5.53. The molecule has 0 aliphatic carbocycles. The van der Waals surface area contributed by atoms with Crippen LogP contribution >= 0.6 is 11.8 Å². The molecule has 1 fully saturated rings. The summed E-state index contributed by atoms with van der Waals surface area (Å²) in [7, 11) is 0. The number of nitrogens with zero attached hydrogens (tertiary/aromatic N) is 4. The molecule has 1 aromatic carbocycles. The Labute approximate surface area is 191 Å². The Morgan fingerprint density at radius 1 is 1.09 bits per heavy atom. The molecule has 0 saturated carbocycles. The number of hydrogen-bond acceptors (Lipinski definition) is 7. The highest BCUT2D eigenvalue weighted by Crippen LogP contribution is 2.34. The molecule has 1 saturated heterocycles. The van der Waals surface area contributed by atoms with E-state index in [2.05, 4.69) is 9.88 Å². The van der Waals surface area contributed by atoms with Crippen molar-refractivity contribution in [3.8, 4) is 0 Å². The van der Waals surface area contributed by atoms with Crippen molar-refractivity contribution in [1.29, 1.82) is 0 Å². The second-order valence-electron chi connectivity index (χ2n) is 7.58. The van der Waals surface area contributed by atoms with Gasteiger partial charge in [-0.3, -0.25) is 9.59 Å².